The van der Waals surface area contributed by atoms with Crippen molar-refractivity contribution in [1.29, 1.82) is 0 Å². The number of nitro benzene ring substituents is 1. The van der Waals surface area contributed by atoms with Gasteiger partial charge in [0.2, 0.25) is 0 Å². The van der Waals surface area contributed by atoms with E-state index in [2.05, 4.69) is 0 Å². The van der Waals surface area contributed by atoms with Crippen molar-refractivity contribution in [3.63, 3.8) is 0 Å². The first-order valence-corrected chi connectivity index (χ1v) is 6.30. The fourth-order valence-electron chi connectivity index (χ4n) is 1.66. The summed E-state index contributed by atoms with van der Waals surface area (Å²) in [5, 5.41) is 20.8. The maximum atomic E-state index is 11.9. The molecule has 106 valence electrons. The van der Waals surface area contributed by atoms with E-state index < -0.39 is 4.92 Å². The molecule has 1 N–H and O–H groups in total. The zero-order valence-electron chi connectivity index (χ0n) is 10.7. The lowest BCUT2D eigenvalue weighted by Gasteiger charge is -1.99. The molecule has 0 fully saturated rings. The van der Waals surface area contributed by atoms with E-state index in [1.165, 1.54) is 30.4 Å². The molecule has 6 heteroatoms. The molecule has 0 amide bonds. The number of hydrogen-bond acceptors (Lipinski definition) is 4. The van der Waals surface area contributed by atoms with E-state index in [0.717, 1.165) is 0 Å². The highest BCUT2D eigenvalue weighted by atomic mass is 35.5. The lowest BCUT2D eigenvalue weighted by molar-refractivity contribution is -0.384. The second-order valence-corrected chi connectivity index (χ2v) is 4.64. The summed E-state index contributed by atoms with van der Waals surface area (Å²) in [5.74, 6) is -0.432. The van der Waals surface area contributed by atoms with Gasteiger partial charge in [-0.15, -0.1) is 0 Å². The summed E-state index contributed by atoms with van der Waals surface area (Å²) in [6.07, 6.45) is 2.57. The highest BCUT2D eigenvalue weighted by Crippen LogP contribution is 2.24. The Hall–Kier alpha value is -2.66. The Balaban J connectivity index is 2.24. The number of carbonyl (C=O) groups is 1. The number of phenolic OH excluding ortho intramolecular Hbond substituents is 1. The van der Waals surface area contributed by atoms with Crippen molar-refractivity contribution in [3.8, 4) is 5.75 Å². The number of nitro groups is 1. The van der Waals surface area contributed by atoms with Crippen molar-refractivity contribution in [1.82, 2.24) is 0 Å². The standard InChI is InChI=1S/C15H10ClNO4/c16-12-4-1-10(2-5-12)14(18)7-3-11-9-13(17(20)21)6-8-15(11)19/h1-9,19H. The lowest BCUT2D eigenvalue weighted by atomic mass is 10.1. The van der Waals surface area contributed by atoms with Crippen LogP contribution in [-0.2, 0) is 0 Å². The third-order valence-electron chi connectivity index (χ3n) is 2.76. The predicted octanol–water partition coefficient (Wildman–Crippen LogP) is 3.85. The van der Waals surface area contributed by atoms with Gasteiger partial charge in [-0.3, -0.25) is 14.9 Å². The van der Waals surface area contributed by atoms with E-state index in [9.17, 15) is 20.0 Å². The van der Waals surface area contributed by atoms with Crippen molar-refractivity contribution >= 4 is 29.1 Å². The average Bonchev–Trinajstić information content (AvgIpc) is 2.46. The Bertz CT molecular complexity index is 723. The van der Waals surface area contributed by atoms with E-state index in [4.69, 9.17) is 11.6 Å². The number of allylic oxidation sites excluding steroid dienone is 1. The molecule has 0 aliphatic heterocycles. The number of ketones is 1. The Morgan fingerprint density at radius 2 is 1.86 bits per heavy atom. The molecule has 0 aromatic heterocycles. The van der Waals surface area contributed by atoms with Gasteiger partial charge in [-0.25, -0.2) is 0 Å². The predicted molar refractivity (Wildman–Crippen MR) is 79.6 cm³/mol. The quantitative estimate of drug-likeness (QED) is 0.402. The minimum atomic E-state index is -0.572. The number of aromatic hydroxyl groups is 1. The SMILES string of the molecule is O=C(C=Cc1cc([N+](=O)[O-])ccc1O)c1ccc(Cl)cc1. The van der Waals surface area contributed by atoms with Gasteiger partial charge in [-0.1, -0.05) is 11.6 Å². The Morgan fingerprint density at radius 3 is 2.48 bits per heavy atom. The van der Waals surface area contributed by atoms with E-state index in [0.29, 0.717) is 10.6 Å². The summed E-state index contributed by atoms with van der Waals surface area (Å²) >= 11 is 5.73. The van der Waals surface area contributed by atoms with E-state index >= 15 is 0 Å². The molecule has 0 saturated heterocycles. The number of rotatable bonds is 4. The largest absolute Gasteiger partial charge is 0.507 e. The van der Waals surface area contributed by atoms with E-state index in [-0.39, 0.29) is 22.8 Å². The first-order chi connectivity index (χ1) is 9.97. The van der Waals surface area contributed by atoms with Crippen LogP contribution < -0.4 is 0 Å². The Kier molecular flexibility index (Phi) is 4.35. The van der Waals surface area contributed by atoms with Crippen LogP contribution in [0.3, 0.4) is 0 Å². The van der Waals surface area contributed by atoms with Crippen LogP contribution in [0, 0.1) is 10.1 Å². The van der Waals surface area contributed by atoms with Gasteiger partial charge in [0.1, 0.15) is 5.75 Å². The number of hydrogen-bond donors (Lipinski definition) is 1. The molecule has 0 unspecified atom stereocenters. The number of non-ortho nitro benzene ring substituents is 1. The third-order valence-corrected chi connectivity index (χ3v) is 3.02. The molecular formula is C15H10ClNO4. The summed E-state index contributed by atoms with van der Waals surface area (Å²) in [7, 11) is 0. The van der Waals surface area contributed by atoms with Crippen LogP contribution in [-0.4, -0.2) is 15.8 Å². The van der Waals surface area contributed by atoms with Crippen LogP contribution in [0.2, 0.25) is 5.02 Å². The molecule has 0 aliphatic carbocycles. The topological polar surface area (TPSA) is 80.4 Å². The molecular weight excluding hydrogens is 294 g/mol. The van der Waals surface area contributed by atoms with Crippen LogP contribution in [0.5, 0.6) is 5.75 Å². The molecule has 0 saturated carbocycles. The van der Waals surface area contributed by atoms with Gasteiger partial charge in [-0.2, -0.15) is 0 Å². The minimum Gasteiger partial charge on any atom is -0.507 e. The molecule has 2 aromatic rings. The maximum absolute atomic E-state index is 11.9. The summed E-state index contributed by atoms with van der Waals surface area (Å²) in [4.78, 5) is 22.0. The minimum absolute atomic E-state index is 0.138. The molecule has 0 heterocycles. The summed E-state index contributed by atoms with van der Waals surface area (Å²) < 4.78 is 0. The van der Waals surface area contributed by atoms with Crippen molar-refractivity contribution in [3.05, 3.63) is 74.8 Å². The van der Waals surface area contributed by atoms with Gasteiger partial charge < -0.3 is 5.11 Å². The molecule has 0 aliphatic rings. The summed E-state index contributed by atoms with van der Waals surface area (Å²) in [5.41, 5.74) is 0.471. The van der Waals surface area contributed by atoms with Crippen molar-refractivity contribution in [2.24, 2.45) is 0 Å². The van der Waals surface area contributed by atoms with Crippen molar-refractivity contribution in [2.75, 3.05) is 0 Å². The van der Waals surface area contributed by atoms with Crippen molar-refractivity contribution in [2.45, 2.75) is 0 Å². The molecule has 5 nitrogen and oxygen atoms in total. The van der Waals surface area contributed by atoms with Crippen LogP contribution >= 0.6 is 11.6 Å². The Morgan fingerprint density at radius 1 is 1.19 bits per heavy atom. The first kappa shape index (κ1) is 14.7. The third kappa shape index (κ3) is 3.67. The fraction of sp³-hybridized carbons (Fsp3) is 0. The molecule has 2 rings (SSSR count). The lowest BCUT2D eigenvalue weighted by Crippen LogP contribution is -1.93. The van der Waals surface area contributed by atoms with Gasteiger partial charge in [0.05, 0.1) is 4.92 Å². The second kappa shape index (κ2) is 6.19. The number of nitrogens with zero attached hydrogens (tertiary/aromatic N) is 1. The van der Waals surface area contributed by atoms with Gasteiger partial charge in [-0.05, 0) is 42.5 Å². The van der Waals surface area contributed by atoms with Gasteiger partial charge in [0.15, 0.2) is 5.78 Å². The van der Waals surface area contributed by atoms with Crippen LogP contribution in [0.1, 0.15) is 15.9 Å². The molecule has 0 spiro atoms. The molecule has 2 aromatic carbocycles. The number of carbonyl (C=O) groups excluding carboxylic acids is 1. The van der Waals surface area contributed by atoms with E-state index in [1.807, 2.05) is 0 Å². The second-order valence-electron chi connectivity index (χ2n) is 4.20. The zero-order valence-corrected chi connectivity index (χ0v) is 11.4. The smallest absolute Gasteiger partial charge is 0.270 e. The average molecular weight is 304 g/mol. The van der Waals surface area contributed by atoms with Gasteiger partial charge in [0.25, 0.3) is 5.69 Å². The van der Waals surface area contributed by atoms with Gasteiger partial charge >= 0.3 is 0 Å². The van der Waals surface area contributed by atoms with Crippen LogP contribution in [0.25, 0.3) is 6.08 Å². The normalized spacial score (nSPS) is 10.7. The fourth-order valence-corrected chi connectivity index (χ4v) is 1.79. The summed E-state index contributed by atoms with van der Waals surface area (Å²) in [6, 6.07) is 9.92. The highest BCUT2D eigenvalue weighted by Gasteiger charge is 2.09. The van der Waals surface area contributed by atoms with E-state index in [1.54, 1.807) is 24.3 Å². The number of benzene rings is 2. The summed E-state index contributed by atoms with van der Waals surface area (Å²) in [6.45, 7) is 0. The van der Waals surface area contributed by atoms with Crippen LogP contribution in [0.15, 0.2) is 48.5 Å². The molecule has 0 radical (unpaired) electrons. The Labute approximate surface area is 125 Å². The zero-order chi connectivity index (χ0) is 15.4. The molecule has 0 bridgehead atoms. The molecule has 0 atom stereocenters. The van der Waals surface area contributed by atoms with Crippen molar-refractivity contribution < 1.29 is 14.8 Å². The number of phenols is 1. The first-order valence-electron chi connectivity index (χ1n) is 5.93. The maximum Gasteiger partial charge on any atom is 0.270 e. The number of halogens is 1. The van der Waals surface area contributed by atoms with Gasteiger partial charge in [0, 0.05) is 28.3 Å². The highest BCUT2D eigenvalue weighted by molar-refractivity contribution is 6.30. The van der Waals surface area contributed by atoms with Crippen LogP contribution in [0.4, 0.5) is 5.69 Å². The molecule has 21 heavy (non-hydrogen) atoms. The monoisotopic (exact) mass is 303 g/mol.